The van der Waals surface area contributed by atoms with Gasteiger partial charge in [0.1, 0.15) is 11.6 Å². The fraction of sp³-hybridized carbons (Fsp3) is 0.250. The van der Waals surface area contributed by atoms with E-state index in [2.05, 4.69) is 9.55 Å². The minimum Gasteiger partial charge on any atom is -0.337 e. The van der Waals surface area contributed by atoms with E-state index in [1.807, 2.05) is 36.4 Å². The van der Waals surface area contributed by atoms with Crippen LogP contribution in [0.3, 0.4) is 0 Å². The molecule has 0 aliphatic carbocycles. The molecule has 1 fully saturated rings. The maximum atomic E-state index is 6.20. The topological polar surface area (TPSA) is 49.2 Å². The average molecular weight is 279 g/mol. The summed E-state index contributed by atoms with van der Waals surface area (Å²) in [5.74, 6) is -0.0751. The van der Waals surface area contributed by atoms with Gasteiger partial charge in [-0.3, -0.25) is 4.98 Å². The number of pyridine rings is 1. The molecule has 2 aromatic heterocycles. The van der Waals surface area contributed by atoms with Crippen molar-refractivity contribution in [3.05, 3.63) is 60.2 Å². The Balaban J connectivity index is 1.82. The number of hydrogen-bond acceptors (Lipinski definition) is 4. The molecule has 0 saturated carbocycles. The molecule has 2 aliphatic heterocycles. The first-order valence-corrected chi connectivity index (χ1v) is 7.05. The Morgan fingerprint density at radius 3 is 3.00 bits per heavy atom. The Hall–Kier alpha value is -2.24. The fourth-order valence-electron chi connectivity index (χ4n) is 3.28. The summed E-state index contributed by atoms with van der Waals surface area (Å²) in [6.07, 6.45) is 3.64. The molecule has 2 aliphatic rings. The van der Waals surface area contributed by atoms with Crippen LogP contribution in [0.2, 0.25) is 0 Å². The highest BCUT2D eigenvalue weighted by Crippen LogP contribution is 2.44. The van der Waals surface area contributed by atoms with Crippen LogP contribution in [0.5, 0.6) is 0 Å². The molecule has 4 heterocycles. The molecule has 5 heteroatoms. The zero-order valence-corrected chi connectivity index (χ0v) is 11.3. The predicted molar refractivity (Wildman–Crippen MR) is 75.6 cm³/mol. The summed E-state index contributed by atoms with van der Waals surface area (Å²) in [6, 6.07) is 12.0. The van der Waals surface area contributed by atoms with Crippen molar-refractivity contribution >= 4 is 11.0 Å². The van der Waals surface area contributed by atoms with Crippen LogP contribution in [0, 0.1) is 0 Å². The Morgan fingerprint density at radius 2 is 2.10 bits per heavy atom. The minimum atomic E-state index is -0.886. The van der Waals surface area contributed by atoms with Gasteiger partial charge in [-0.15, -0.1) is 0 Å². The molecular formula is C16H13N3O2. The molecule has 2 unspecified atom stereocenters. The van der Waals surface area contributed by atoms with Gasteiger partial charge in [0.2, 0.25) is 0 Å². The number of nitrogens with zero attached hydrogens (tertiary/aromatic N) is 3. The van der Waals surface area contributed by atoms with Gasteiger partial charge in [0, 0.05) is 11.8 Å². The van der Waals surface area contributed by atoms with Crippen LogP contribution in [0.4, 0.5) is 0 Å². The van der Waals surface area contributed by atoms with Crippen LogP contribution in [-0.2, 0) is 21.8 Å². The maximum Gasteiger partial charge on any atom is 0.256 e. The van der Waals surface area contributed by atoms with E-state index in [-0.39, 0.29) is 6.10 Å². The van der Waals surface area contributed by atoms with Crippen molar-refractivity contribution in [1.82, 2.24) is 14.5 Å². The highest BCUT2D eigenvalue weighted by atomic mass is 16.7. The monoisotopic (exact) mass is 279 g/mol. The fourth-order valence-corrected chi connectivity index (χ4v) is 3.28. The van der Waals surface area contributed by atoms with E-state index in [1.54, 1.807) is 12.4 Å². The number of aromatic nitrogens is 3. The molecule has 0 N–H and O–H groups in total. The normalized spacial score (nSPS) is 27.0. The number of rotatable bonds is 1. The van der Waals surface area contributed by atoms with Gasteiger partial charge in [0.15, 0.2) is 5.82 Å². The van der Waals surface area contributed by atoms with Crippen LogP contribution in [0.15, 0.2) is 48.8 Å². The lowest BCUT2D eigenvalue weighted by molar-refractivity contribution is -0.162. The molecule has 0 radical (unpaired) electrons. The molecule has 5 nitrogen and oxygen atoms in total. The van der Waals surface area contributed by atoms with Crippen LogP contribution >= 0.6 is 0 Å². The van der Waals surface area contributed by atoms with E-state index in [0.717, 1.165) is 29.0 Å². The molecule has 104 valence electrons. The van der Waals surface area contributed by atoms with E-state index < -0.39 is 5.79 Å². The number of ether oxygens (including phenoxy) is 2. The molecule has 1 aromatic carbocycles. The third-order valence-corrected chi connectivity index (χ3v) is 4.19. The first-order chi connectivity index (χ1) is 10.4. The Morgan fingerprint density at radius 1 is 1.19 bits per heavy atom. The molecule has 0 spiro atoms. The van der Waals surface area contributed by atoms with E-state index in [1.165, 1.54) is 0 Å². The van der Waals surface area contributed by atoms with Crippen molar-refractivity contribution in [2.75, 3.05) is 6.61 Å². The van der Waals surface area contributed by atoms with Gasteiger partial charge >= 0.3 is 0 Å². The second-order valence-electron chi connectivity index (χ2n) is 5.44. The first kappa shape index (κ1) is 11.4. The van der Waals surface area contributed by atoms with Crippen molar-refractivity contribution in [1.29, 1.82) is 0 Å². The maximum absolute atomic E-state index is 6.20. The molecule has 2 bridgehead atoms. The minimum absolute atomic E-state index is 0.0586. The summed E-state index contributed by atoms with van der Waals surface area (Å²) >= 11 is 0. The van der Waals surface area contributed by atoms with Gasteiger partial charge in [0.05, 0.1) is 24.9 Å². The molecule has 5 rings (SSSR count). The molecular weight excluding hydrogens is 266 g/mol. The highest BCUT2D eigenvalue weighted by molar-refractivity contribution is 5.75. The number of fused-ring (bicyclic) bond motifs is 6. The van der Waals surface area contributed by atoms with E-state index in [4.69, 9.17) is 14.5 Å². The molecule has 2 atom stereocenters. The lowest BCUT2D eigenvalue weighted by atomic mass is 10.0. The smallest absolute Gasteiger partial charge is 0.256 e. The summed E-state index contributed by atoms with van der Waals surface area (Å²) < 4.78 is 14.5. The van der Waals surface area contributed by atoms with Crippen LogP contribution in [0.1, 0.15) is 11.4 Å². The number of imidazole rings is 1. The summed E-state index contributed by atoms with van der Waals surface area (Å²) in [5, 5.41) is 0. The van der Waals surface area contributed by atoms with Crippen molar-refractivity contribution in [3.63, 3.8) is 0 Å². The molecule has 0 amide bonds. The number of hydrogen-bond donors (Lipinski definition) is 0. The largest absolute Gasteiger partial charge is 0.337 e. The van der Waals surface area contributed by atoms with Crippen molar-refractivity contribution in [2.45, 2.75) is 18.4 Å². The predicted octanol–water partition coefficient (Wildman–Crippen LogP) is 2.06. The van der Waals surface area contributed by atoms with Crippen molar-refractivity contribution < 1.29 is 9.47 Å². The SMILES string of the molecule is c1ccc(C23OCC(Cn4c2nc2cnccc24)O3)cc1. The van der Waals surface area contributed by atoms with Crippen molar-refractivity contribution in [2.24, 2.45) is 0 Å². The standard InChI is InChI=1S/C16H13N3O2/c1-2-4-11(5-3-1)16-15-18-13-8-17-7-6-14(13)19(15)9-12(21-16)10-20-16/h1-8,12H,9-10H2. The van der Waals surface area contributed by atoms with E-state index in [0.29, 0.717) is 6.61 Å². The first-order valence-electron chi connectivity index (χ1n) is 7.05. The van der Waals surface area contributed by atoms with Gasteiger partial charge in [-0.2, -0.15) is 0 Å². The molecule has 3 aromatic rings. The average Bonchev–Trinajstić information content (AvgIpc) is 3.10. The van der Waals surface area contributed by atoms with Gasteiger partial charge in [-0.05, 0) is 6.07 Å². The van der Waals surface area contributed by atoms with E-state index in [9.17, 15) is 0 Å². The van der Waals surface area contributed by atoms with Crippen LogP contribution in [0.25, 0.3) is 11.0 Å². The quantitative estimate of drug-likeness (QED) is 0.684. The zero-order valence-electron chi connectivity index (χ0n) is 11.3. The van der Waals surface area contributed by atoms with Crippen molar-refractivity contribution in [3.8, 4) is 0 Å². The third-order valence-electron chi connectivity index (χ3n) is 4.19. The van der Waals surface area contributed by atoms with Gasteiger partial charge in [0.25, 0.3) is 5.79 Å². The second kappa shape index (κ2) is 3.90. The summed E-state index contributed by atoms with van der Waals surface area (Å²) in [5.41, 5.74) is 2.94. The summed E-state index contributed by atoms with van der Waals surface area (Å²) in [6.45, 7) is 1.36. The van der Waals surface area contributed by atoms with Crippen LogP contribution < -0.4 is 0 Å². The zero-order chi connectivity index (χ0) is 13.9. The molecule has 1 saturated heterocycles. The Labute approximate surface area is 121 Å². The lowest BCUT2D eigenvalue weighted by Crippen LogP contribution is -2.38. The Kier molecular flexibility index (Phi) is 2.12. The molecule has 21 heavy (non-hydrogen) atoms. The van der Waals surface area contributed by atoms with Crippen LogP contribution in [-0.4, -0.2) is 27.2 Å². The second-order valence-corrected chi connectivity index (χ2v) is 5.44. The van der Waals surface area contributed by atoms with Gasteiger partial charge in [-0.25, -0.2) is 4.98 Å². The third kappa shape index (κ3) is 1.42. The summed E-state index contributed by atoms with van der Waals surface area (Å²) in [7, 11) is 0. The lowest BCUT2D eigenvalue weighted by Gasteiger charge is -2.32. The van der Waals surface area contributed by atoms with Gasteiger partial charge in [-0.1, -0.05) is 30.3 Å². The highest BCUT2D eigenvalue weighted by Gasteiger charge is 2.52. The Bertz CT molecular complexity index is 830. The number of benzene rings is 1. The summed E-state index contributed by atoms with van der Waals surface area (Å²) in [4.78, 5) is 8.89. The van der Waals surface area contributed by atoms with E-state index >= 15 is 0 Å². The van der Waals surface area contributed by atoms with Gasteiger partial charge < -0.3 is 14.0 Å².